The lowest BCUT2D eigenvalue weighted by Gasteiger charge is -2.10. The third-order valence-electron chi connectivity index (χ3n) is 2.23. The molecule has 2 N–H and O–H groups in total. The molecule has 1 rings (SSSR count). The van der Waals surface area contributed by atoms with Crippen LogP contribution < -0.4 is 15.4 Å². The molecule has 0 saturated carbocycles. The van der Waals surface area contributed by atoms with Crippen molar-refractivity contribution in [2.24, 2.45) is 0 Å². The van der Waals surface area contributed by atoms with Crippen LogP contribution in [0.3, 0.4) is 0 Å². The molecule has 0 fully saturated rings. The van der Waals surface area contributed by atoms with Gasteiger partial charge in [-0.1, -0.05) is 6.92 Å². The molecule has 4 nitrogen and oxygen atoms in total. The van der Waals surface area contributed by atoms with E-state index in [1.54, 1.807) is 0 Å². The van der Waals surface area contributed by atoms with Gasteiger partial charge in [-0.05, 0) is 44.5 Å². The van der Waals surface area contributed by atoms with Gasteiger partial charge in [0.25, 0.3) is 0 Å². The molecule has 0 bridgehead atoms. The highest BCUT2D eigenvalue weighted by atomic mass is 16.5. The Morgan fingerprint density at radius 2 is 1.94 bits per heavy atom. The van der Waals surface area contributed by atoms with Gasteiger partial charge >= 0.3 is 0 Å². The minimum atomic E-state index is -0.00342. The van der Waals surface area contributed by atoms with Gasteiger partial charge in [0.15, 0.2) is 0 Å². The molecule has 0 aliphatic heterocycles. The molecule has 0 atom stereocenters. The zero-order valence-corrected chi connectivity index (χ0v) is 11.3. The smallest absolute Gasteiger partial charge is 0.239 e. The molecular formula is C14H22N2O2. The highest BCUT2D eigenvalue weighted by molar-refractivity contribution is 5.80. The number of carbonyl (C=O) groups is 1. The topological polar surface area (TPSA) is 50.4 Å². The largest absolute Gasteiger partial charge is 0.494 e. The fourth-order valence-corrected chi connectivity index (χ4v) is 1.44. The van der Waals surface area contributed by atoms with Gasteiger partial charge in [-0.25, -0.2) is 0 Å². The number of nitrogens with one attached hydrogen (secondary N) is 2. The summed E-state index contributed by atoms with van der Waals surface area (Å²) in [6.07, 6.45) is 0.995. The Morgan fingerprint density at radius 3 is 2.50 bits per heavy atom. The summed E-state index contributed by atoms with van der Waals surface area (Å²) in [5, 5.41) is 5.89. The van der Waals surface area contributed by atoms with E-state index >= 15 is 0 Å². The van der Waals surface area contributed by atoms with Gasteiger partial charge in [-0.15, -0.1) is 0 Å². The minimum Gasteiger partial charge on any atom is -0.494 e. The molecule has 0 spiro atoms. The lowest BCUT2D eigenvalue weighted by molar-refractivity contribution is -0.119. The first-order chi connectivity index (χ1) is 8.61. The standard InChI is InChI=1S/C14H22N2O2/c1-4-9-18-13-7-5-12(6-8-13)15-10-14(17)16-11(2)3/h5-8,11,15H,4,9-10H2,1-3H3,(H,16,17). The molecule has 0 aliphatic rings. The second-order valence-electron chi connectivity index (χ2n) is 4.45. The molecule has 4 heteroatoms. The van der Waals surface area contributed by atoms with Gasteiger partial charge in [-0.3, -0.25) is 4.79 Å². The first kappa shape index (κ1) is 14.4. The number of carbonyl (C=O) groups excluding carboxylic acids is 1. The first-order valence-electron chi connectivity index (χ1n) is 6.38. The third kappa shape index (κ3) is 5.57. The number of benzene rings is 1. The van der Waals surface area contributed by atoms with Crippen LogP contribution in [-0.2, 0) is 4.79 Å². The lowest BCUT2D eigenvalue weighted by atomic mass is 10.3. The van der Waals surface area contributed by atoms with Crippen molar-refractivity contribution in [3.05, 3.63) is 24.3 Å². The zero-order valence-electron chi connectivity index (χ0n) is 11.3. The predicted octanol–water partition coefficient (Wildman–Crippen LogP) is 2.41. The Morgan fingerprint density at radius 1 is 1.28 bits per heavy atom. The summed E-state index contributed by atoms with van der Waals surface area (Å²) in [6, 6.07) is 7.79. The highest BCUT2D eigenvalue weighted by Crippen LogP contribution is 2.15. The maximum atomic E-state index is 11.4. The van der Waals surface area contributed by atoms with Crippen LogP contribution in [0.1, 0.15) is 27.2 Å². The Labute approximate surface area is 109 Å². The van der Waals surface area contributed by atoms with Gasteiger partial charge < -0.3 is 15.4 Å². The molecule has 0 saturated heterocycles. The summed E-state index contributed by atoms with van der Waals surface area (Å²) in [7, 11) is 0. The van der Waals surface area contributed by atoms with Crippen molar-refractivity contribution in [2.75, 3.05) is 18.5 Å². The number of amides is 1. The summed E-state index contributed by atoms with van der Waals surface area (Å²) in [4.78, 5) is 11.4. The quantitative estimate of drug-likeness (QED) is 0.781. The fourth-order valence-electron chi connectivity index (χ4n) is 1.44. The maximum Gasteiger partial charge on any atom is 0.239 e. The van der Waals surface area contributed by atoms with Crippen molar-refractivity contribution in [2.45, 2.75) is 33.2 Å². The molecule has 0 aromatic heterocycles. The van der Waals surface area contributed by atoms with Crippen molar-refractivity contribution in [3.63, 3.8) is 0 Å². The van der Waals surface area contributed by atoms with Crippen LogP contribution in [0.5, 0.6) is 5.75 Å². The minimum absolute atomic E-state index is 0.00342. The summed E-state index contributed by atoms with van der Waals surface area (Å²) in [6.45, 7) is 6.97. The Hall–Kier alpha value is -1.71. The van der Waals surface area contributed by atoms with Gasteiger partial charge in [0.2, 0.25) is 5.91 Å². The number of ether oxygens (including phenoxy) is 1. The summed E-state index contributed by atoms with van der Waals surface area (Å²) in [5.41, 5.74) is 0.915. The van der Waals surface area contributed by atoms with E-state index < -0.39 is 0 Å². The average molecular weight is 250 g/mol. The fraction of sp³-hybridized carbons (Fsp3) is 0.500. The van der Waals surface area contributed by atoms with E-state index in [0.717, 1.165) is 24.5 Å². The monoisotopic (exact) mass is 250 g/mol. The van der Waals surface area contributed by atoms with E-state index in [0.29, 0.717) is 0 Å². The molecule has 100 valence electrons. The summed E-state index contributed by atoms with van der Waals surface area (Å²) >= 11 is 0. The molecule has 1 aromatic carbocycles. The molecule has 0 aliphatic carbocycles. The van der Waals surface area contributed by atoms with Crippen molar-refractivity contribution >= 4 is 11.6 Å². The molecule has 1 amide bonds. The van der Waals surface area contributed by atoms with E-state index in [9.17, 15) is 4.79 Å². The Balaban J connectivity index is 2.37. The SMILES string of the molecule is CCCOc1ccc(NCC(=O)NC(C)C)cc1. The van der Waals surface area contributed by atoms with Crippen molar-refractivity contribution < 1.29 is 9.53 Å². The van der Waals surface area contributed by atoms with E-state index in [1.807, 2.05) is 38.1 Å². The summed E-state index contributed by atoms with van der Waals surface area (Å²) < 4.78 is 5.48. The Bertz CT molecular complexity index is 361. The number of anilines is 1. The molecule has 0 unspecified atom stereocenters. The molecule has 0 radical (unpaired) electrons. The van der Waals surface area contributed by atoms with E-state index in [1.165, 1.54) is 0 Å². The summed E-state index contributed by atoms with van der Waals surface area (Å²) in [5.74, 6) is 0.852. The third-order valence-corrected chi connectivity index (χ3v) is 2.23. The highest BCUT2D eigenvalue weighted by Gasteiger charge is 2.02. The van der Waals surface area contributed by atoms with E-state index in [-0.39, 0.29) is 18.5 Å². The Kier molecular flexibility index (Phi) is 6.05. The predicted molar refractivity (Wildman–Crippen MR) is 74.0 cm³/mol. The first-order valence-corrected chi connectivity index (χ1v) is 6.38. The second kappa shape index (κ2) is 7.58. The average Bonchev–Trinajstić information content (AvgIpc) is 2.34. The van der Waals surface area contributed by atoms with Crippen molar-refractivity contribution in [1.82, 2.24) is 5.32 Å². The van der Waals surface area contributed by atoms with Crippen LogP contribution in [0.25, 0.3) is 0 Å². The van der Waals surface area contributed by atoms with Crippen molar-refractivity contribution in [3.8, 4) is 5.75 Å². The zero-order chi connectivity index (χ0) is 13.4. The number of rotatable bonds is 7. The molecule has 18 heavy (non-hydrogen) atoms. The number of hydrogen-bond donors (Lipinski definition) is 2. The van der Waals surface area contributed by atoms with Crippen LogP contribution in [-0.4, -0.2) is 25.1 Å². The number of hydrogen-bond acceptors (Lipinski definition) is 3. The van der Waals surface area contributed by atoms with Gasteiger partial charge in [0, 0.05) is 11.7 Å². The van der Waals surface area contributed by atoms with Gasteiger partial charge in [0.1, 0.15) is 5.75 Å². The van der Waals surface area contributed by atoms with Gasteiger partial charge in [0.05, 0.1) is 13.2 Å². The lowest BCUT2D eigenvalue weighted by Crippen LogP contribution is -2.34. The van der Waals surface area contributed by atoms with Crippen LogP contribution in [0.2, 0.25) is 0 Å². The molecule has 0 heterocycles. The van der Waals surface area contributed by atoms with Crippen LogP contribution in [0.15, 0.2) is 24.3 Å². The maximum absolute atomic E-state index is 11.4. The molecule has 1 aromatic rings. The van der Waals surface area contributed by atoms with Crippen LogP contribution >= 0.6 is 0 Å². The molecular weight excluding hydrogens is 228 g/mol. The second-order valence-corrected chi connectivity index (χ2v) is 4.45. The van der Waals surface area contributed by atoms with E-state index in [4.69, 9.17) is 4.74 Å². The van der Waals surface area contributed by atoms with Crippen LogP contribution in [0.4, 0.5) is 5.69 Å². The van der Waals surface area contributed by atoms with Crippen molar-refractivity contribution in [1.29, 1.82) is 0 Å². The van der Waals surface area contributed by atoms with E-state index in [2.05, 4.69) is 17.6 Å². The normalized spacial score (nSPS) is 10.2. The van der Waals surface area contributed by atoms with Crippen LogP contribution in [0, 0.1) is 0 Å². The van der Waals surface area contributed by atoms with Gasteiger partial charge in [-0.2, -0.15) is 0 Å².